The summed E-state index contributed by atoms with van der Waals surface area (Å²) in [7, 11) is -0.810. The number of hydrogen-bond acceptors (Lipinski definition) is 7. The molecule has 168 valence electrons. The quantitative estimate of drug-likeness (QED) is 0.469. The van der Waals surface area contributed by atoms with Gasteiger partial charge in [0.2, 0.25) is 5.88 Å². The number of nitrogens with zero attached hydrogens (tertiary/aromatic N) is 4. The zero-order valence-corrected chi connectivity index (χ0v) is 18.0. The lowest BCUT2D eigenvalue weighted by molar-refractivity contribution is -0.134. The molecular formula is C20H19F2N5O4S. The van der Waals surface area contributed by atoms with E-state index in [0.29, 0.717) is 11.1 Å². The lowest BCUT2D eigenvalue weighted by Crippen LogP contribution is -2.55. The third kappa shape index (κ3) is 3.45. The smallest absolute Gasteiger partial charge is 0.272 e. The Morgan fingerprint density at radius 3 is 2.78 bits per heavy atom. The Labute approximate surface area is 181 Å². The highest BCUT2D eigenvalue weighted by molar-refractivity contribution is 7.93. The lowest BCUT2D eigenvalue weighted by Gasteiger charge is -2.38. The van der Waals surface area contributed by atoms with Crippen molar-refractivity contribution in [2.45, 2.75) is 17.4 Å². The predicted molar refractivity (Wildman–Crippen MR) is 112 cm³/mol. The van der Waals surface area contributed by atoms with Crippen molar-refractivity contribution < 1.29 is 26.5 Å². The van der Waals surface area contributed by atoms with Gasteiger partial charge >= 0.3 is 0 Å². The molecule has 5 rings (SSSR count). The number of pyridine rings is 1. The second-order valence-corrected chi connectivity index (χ2v) is 9.40. The maximum Gasteiger partial charge on any atom is 0.272 e. The zero-order chi connectivity index (χ0) is 22.7. The number of aryl methyl sites for hydroxylation is 1. The van der Waals surface area contributed by atoms with Crippen LogP contribution in [0.2, 0.25) is 0 Å². The predicted octanol–water partition coefficient (Wildman–Crippen LogP) is 2.97. The molecule has 9 nitrogen and oxygen atoms in total. The van der Waals surface area contributed by atoms with Gasteiger partial charge in [0.25, 0.3) is 15.9 Å². The summed E-state index contributed by atoms with van der Waals surface area (Å²) in [6.07, 6.45) is 1.78. The molecule has 1 N–H and O–H groups in total. The summed E-state index contributed by atoms with van der Waals surface area (Å²) in [6.45, 7) is -0.511. The minimum absolute atomic E-state index is 0.0701. The highest BCUT2D eigenvalue weighted by atomic mass is 32.2. The molecule has 0 radical (unpaired) electrons. The maximum absolute atomic E-state index is 13.1. The number of hydrogen-bond donors (Lipinski definition) is 1. The Balaban J connectivity index is 1.49. The number of fused-ring (bicyclic) bond motifs is 2. The molecular weight excluding hydrogens is 444 g/mol. The molecule has 4 aromatic rings. The monoisotopic (exact) mass is 463 g/mol. The van der Waals surface area contributed by atoms with Gasteiger partial charge in [0.1, 0.15) is 5.39 Å². The van der Waals surface area contributed by atoms with Gasteiger partial charge in [0, 0.05) is 36.8 Å². The van der Waals surface area contributed by atoms with Crippen molar-refractivity contribution in [3.63, 3.8) is 0 Å². The van der Waals surface area contributed by atoms with Gasteiger partial charge in [-0.2, -0.15) is 0 Å². The van der Waals surface area contributed by atoms with Crippen LogP contribution in [-0.4, -0.2) is 54.1 Å². The first-order chi connectivity index (χ1) is 15.2. The number of nitrogens with one attached hydrogen (secondary N) is 1. The number of likely N-dealkylation sites (tertiary alicyclic amines) is 1. The van der Waals surface area contributed by atoms with E-state index in [1.807, 2.05) is 17.7 Å². The van der Waals surface area contributed by atoms with Crippen LogP contribution in [-0.2, 0) is 23.6 Å². The number of benzene rings is 1. The van der Waals surface area contributed by atoms with E-state index in [1.165, 1.54) is 24.1 Å². The van der Waals surface area contributed by atoms with Crippen molar-refractivity contribution in [2.75, 3.05) is 24.9 Å². The molecule has 0 unspecified atom stereocenters. The fraction of sp³-hybridized carbons (Fsp3) is 0.300. The minimum Gasteiger partial charge on any atom is -0.480 e. The Morgan fingerprint density at radius 2 is 2.06 bits per heavy atom. The number of rotatable bonds is 6. The van der Waals surface area contributed by atoms with Crippen LogP contribution in [0.3, 0.4) is 0 Å². The van der Waals surface area contributed by atoms with Crippen LogP contribution in [0.5, 0.6) is 5.88 Å². The van der Waals surface area contributed by atoms with Gasteiger partial charge in [0.05, 0.1) is 30.8 Å². The van der Waals surface area contributed by atoms with E-state index >= 15 is 0 Å². The van der Waals surface area contributed by atoms with Crippen molar-refractivity contribution in [1.82, 2.24) is 19.6 Å². The molecule has 0 saturated carbocycles. The van der Waals surface area contributed by atoms with Crippen LogP contribution >= 0.6 is 0 Å². The number of aromatic nitrogens is 3. The molecule has 1 saturated heterocycles. The van der Waals surface area contributed by atoms with E-state index in [2.05, 4.69) is 14.9 Å². The van der Waals surface area contributed by atoms with Crippen molar-refractivity contribution in [1.29, 1.82) is 0 Å². The minimum atomic E-state index is -4.01. The Bertz CT molecular complexity index is 1440. The summed E-state index contributed by atoms with van der Waals surface area (Å²) in [5.41, 5.74) is 1.44. The molecule has 12 heteroatoms. The highest BCUT2D eigenvalue weighted by Crippen LogP contribution is 2.35. The third-order valence-electron chi connectivity index (χ3n) is 5.37. The van der Waals surface area contributed by atoms with Crippen molar-refractivity contribution in [3.8, 4) is 5.88 Å². The standard InChI is InChI=1S/C20H19F2N5O4S/c1-26-7-6-13-14(26)4-3-5-16(13)32(28,29)25-18-17-15(31-24-18)8-12(23-19(17)30-2)9-27-10-20(21,22)11-27/h3-8H,9-11H2,1-2H3,(H,24,25). The topological polar surface area (TPSA) is 102 Å². The second kappa shape index (κ2) is 7.14. The van der Waals surface area contributed by atoms with Crippen LogP contribution < -0.4 is 9.46 Å². The molecule has 0 bridgehead atoms. The zero-order valence-electron chi connectivity index (χ0n) is 17.2. The fourth-order valence-electron chi connectivity index (χ4n) is 3.92. The summed E-state index contributed by atoms with van der Waals surface area (Å²) < 4.78 is 67.4. The molecule has 1 aliphatic rings. The third-order valence-corrected chi connectivity index (χ3v) is 6.77. The number of anilines is 1. The first kappa shape index (κ1) is 20.6. The molecule has 0 atom stereocenters. The molecule has 3 aromatic heterocycles. The molecule has 0 amide bonds. The lowest BCUT2D eigenvalue weighted by atomic mass is 10.1. The number of ether oxygens (including phenoxy) is 1. The molecule has 1 aliphatic heterocycles. The number of sulfonamides is 1. The summed E-state index contributed by atoms with van der Waals surface area (Å²) in [6, 6.07) is 8.24. The van der Waals surface area contributed by atoms with Gasteiger partial charge in [-0.3, -0.25) is 9.62 Å². The van der Waals surface area contributed by atoms with E-state index in [0.717, 1.165) is 5.52 Å². The summed E-state index contributed by atoms with van der Waals surface area (Å²) in [5.74, 6) is -2.67. The Kier molecular flexibility index (Phi) is 4.60. The van der Waals surface area contributed by atoms with Gasteiger partial charge in [-0.15, -0.1) is 0 Å². The van der Waals surface area contributed by atoms with E-state index < -0.39 is 15.9 Å². The van der Waals surface area contributed by atoms with Crippen LogP contribution in [0.15, 0.2) is 45.9 Å². The molecule has 1 aromatic carbocycles. The largest absolute Gasteiger partial charge is 0.480 e. The summed E-state index contributed by atoms with van der Waals surface area (Å²) >= 11 is 0. The van der Waals surface area contributed by atoms with Crippen molar-refractivity contribution >= 4 is 37.7 Å². The van der Waals surface area contributed by atoms with Gasteiger partial charge in [-0.1, -0.05) is 11.2 Å². The summed E-state index contributed by atoms with van der Waals surface area (Å²) in [4.78, 5) is 5.96. The van der Waals surface area contributed by atoms with E-state index in [-0.39, 0.29) is 47.2 Å². The van der Waals surface area contributed by atoms with Crippen molar-refractivity contribution in [2.24, 2.45) is 7.05 Å². The molecule has 0 aliphatic carbocycles. The van der Waals surface area contributed by atoms with E-state index in [4.69, 9.17) is 9.26 Å². The Hall–Kier alpha value is -3.25. The molecule has 0 spiro atoms. The van der Waals surface area contributed by atoms with Crippen molar-refractivity contribution in [3.05, 3.63) is 42.2 Å². The highest BCUT2D eigenvalue weighted by Gasteiger charge is 2.43. The number of methoxy groups -OCH3 is 1. The van der Waals surface area contributed by atoms with Gasteiger partial charge in [-0.05, 0) is 18.2 Å². The van der Waals surface area contributed by atoms with Gasteiger partial charge in [0.15, 0.2) is 11.4 Å². The van der Waals surface area contributed by atoms with Crippen LogP contribution in [0.25, 0.3) is 21.9 Å². The molecule has 4 heterocycles. The molecule has 32 heavy (non-hydrogen) atoms. The van der Waals surface area contributed by atoms with E-state index in [1.54, 1.807) is 18.3 Å². The maximum atomic E-state index is 13.1. The van der Waals surface area contributed by atoms with Crippen LogP contribution in [0.4, 0.5) is 14.6 Å². The second-order valence-electron chi connectivity index (χ2n) is 7.75. The Morgan fingerprint density at radius 1 is 1.28 bits per heavy atom. The first-order valence-electron chi connectivity index (χ1n) is 9.67. The average molecular weight is 463 g/mol. The summed E-state index contributed by atoms with van der Waals surface area (Å²) in [5, 5.41) is 4.66. The van der Waals surface area contributed by atoms with Gasteiger partial charge < -0.3 is 13.8 Å². The average Bonchev–Trinajstić information content (AvgIpc) is 3.29. The fourth-order valence-corrected chi connectivity index (χ4v) is 5.14. The first-order valence-corrected chi connectivity index (χ1v) is 11.2. The van der Waals surface area contributed by atoms with Crippen LogP contribution in [0, 0.1) is 0 Å². The molecule has 1 fully saturated rings. The normalized spacial score (nSPS) is 16.4. The van der Waals surface area contributed by atoms with Crippen LogP contribution in [0.1, 0.15) is 5.69 Å². The number of halogens is 2. The van der Waals surface area contributed by atoms with Gasteiger partial charge in [-0.25, -0.2) is 22.2 Å². The SMILES string of the molecule is COc1nc(CN2CC(F)(F)C2)cc2onc(NS(=O)(=O)c3cccc4c3ccn4C)c12. The number of alkyl halides is 2. The van der Waals surface area contributed by atoms with E-state index in [9.17, 15) is 17.2 Å².